The first-order valence-corrected chi connectivity index (χ1v) is 34.6. The molecule has 4 N–H and O–H groups in total. The first-order valence-electron chi connectivity index (χ1n) is 33.4. The third-order valence-electron chi connectivity index (χ3n) is 16.4. The van der Waals surface area contributed by atoms with Gasteiger partial charge in [0.25, 0.3) is 5.92 Å². The molecule has 12 aromatic rings. The third kappa shape index (κ3) is 20.6. The van der Waals surface area contributed by atoms with Gasteiger partial charge in [-0.25, -0.2) is 33.7 Å². The molecule has 105 heavy (non-hydrogen) atoms. The lowest BCUT2D eigenvalue weighted by Crippen LogP contribution is -2.48. The smallest absolute Gasteiger partial charge is 0.265 e. The van der Waals surface area contributed by atoms with Crippen LogP contribution in [0.15, 0.2) is 133 Å². The van der Waals surface area contributed by atoms with Crippen LogP contribution in [-0.4, -0.2) is 132 Å². The number of carbonyl (C=O) groups excluding carboxylic acids is 4. The minimum Gasteiger partial charge on any atom is -0.456 e. The number of nitrogens with zero attached hydrogens (tertiary/aromatic N) is 16. The van der Waals surface area contributed by atoms with Crippen molar-refractivity contribution in [2.24, 2.45) is 27.1 Å². The topological polar surface area (TPSA) is 324 Å². The van der Waals surface area contributed by atoms with Crippen molar-refractivity contribution in [2.45, 2.75) is 112 Å². The molecule has 1 fully saturated rings. The van der Waals surface area contributed by atoms with E-state index in [4.69, 9.17) is 42.0 Å². The second-order valence-electron chi connectivity index (χ2n) is 26.4. The molecule has 546 valence electrons. The van der Waals surface area contributed by atoms with Crippen LogP contribution >= 0.6 is 28.1 Å². The van der Waals surface area contributed by atoms with E-state index in [9.17, 15) is 28.0 Å². The van der Waals surface area contributed by atoms with Gasteiger partial charge in [0.05, 0.1) is 70.7 Å². The summed E-state index contributed by atoms with van der Waals surface area (Å²) in [7, 11) is 7.33. The van der Waals surface area contributed by atoms with Crippen LogP contribution in [0.5, 0.6) is 46.0 Å². The van der Waals surface area contributed by atoms with Gasteiger partial charge in [-0.3, -0.25) is 43.8 Å². The lowest BCUT2D eigenvalue weighted by molar-refractivity contribution is -0.117. The number of likely N-dealkylation sites (tertiary alicyclic amines) is 1. The summed E-state index contributed by atoms with van der Waals surface area (Å²) in [5, 5.41) is 7.95. The Morgan fingerprint density at radius 2 is 1.04 bits per heavy atom. The normalized spacial score (nSPS) is 13.4. The van der Waals surface area contributed by atoms with Gasteiger partial charge in [0, 0.05) is 144 Å². The predicted molar refractivity (Wildman–Crippen MR) is 398 cm³/mol. The molecular formula is C74H80BrF2N19O8S. The van der Waals surface area contributed by atoms with E-state index in [-0.39, 0.29) is 48.1 Å². The van der Waals surface area contributed by atoms with Gasteiger partial charge in [0.2, 0.25) is 5.95 Å². The highest BCUT2D eigenvalue weighted by Gasteiger charge is 2.44. The van der Waals surface area contributed by atoms with E-state index in [1.54, 1.807) is 115 Å². The molecule has 31 heteroatoms. The van der Waals surface area contributed by atoms with Crippen molar-refractivity contribution >= 4 is 102 Å². The summed E-state index contributed by atoms with van der Waals surface area (Å²) in [5.41, 5.74) is 14.3. The number of aryl methyl sites for hydroxylation is 4. The van der Waals surface area contributed by atoms with Gasteiger partial charge in [-0.1, -0.05) is 27.7 Å². The van der Waals surface area contributed by atoms with Crippen LogP contribution in [0.4, 0.5) is 26.4 Å². The molecule has 12 aromatic heterocycles. The Bertz CT molecular complexity index is 5220. The van der Waals surface area contributed by atoms with Crippen LogP contribution in [0.1, 0.15) is 95.8 Å². The van der Waals surface area contributed by atoms with E-state index in [0.29, 0.717) is 145 Å². The van der Waals surface area contributed by atoms with E-state index in [1.165, 1.54) is 27.7 Å². The van der Waals surface area contributed by atoms with Crippen molar-refractivity contribution < 1.29 is 46.9 Å². The van der Waals surface area contributed by atoms with Gasteiger partial charge >= 0.3 is 0 Å². The number of H-pyrrole nitrogens is 1. The molecule has 1 atom stereocenters. The number of nitrogens with one attached hydrogen (secondary N) is 2. The van der Waals surface area contributed by atoms with Crippen molar-refractivity contribution in [1.82, 2.24) is 83.2 Å². The summed E-state index contributed by atoms with van der Waals surface area (Å²) < 4.78 is 61.6. The third-order valence-corrected chi connectivity index (χ3v) is 17.5. The number of aromatic nitrogens is 16. The van der Waals surface area contributed by atoms with Crippen molar-refractivity contribution in [3.63, 3.8) is 0 Å². The molecule has 0 aliphatic carbocycles. The van der Waals surface area contributed by atoms with Crippen molar-refractivity contribution in [2.75, 3.05) is 31.2 Å². The summed E-state index contributed by atoms with van der Waals surface area (Å²) in [4.78, 5) is 92.2. The second-order valence-corrected chi connectivity index (χ2v) is 27.5. The zero-order chi connectivity index (χ0) is 75.4. The van der Waals surface area contributed by atoms with Gasteiger partial charge in [0.15, 0.2) is 32.3 Å². The number of alkyl halides is 2. The van der Waals surface area contributed by atoms with E-state index >= 15 is 0 Å². The molecule has 1 unspecified atom stereocenters. The molecule has 1 aliphatic rings. The molecule has 1 saturated heterocycles. The highest BCUT2D eigenvalue weighted by Crippen LogP contribution is 2.37. The van der Waals surface area contributed by atoms with Crippen molar-refractivity contribution in [1.29, 1.82) is 0 Å². The monoisotopic (exact) mass is 1510 g/mol. The van der Waals surface area contributed by atoms with Gasteiger partial charge in [0.1, 0.15) is 74.9 Å². The van der Waals surface area contributed by atoms with Crippen LogP contribution in [0.25, 0.3) is 33.5 Å². The van der Waals surface area contributed by atoms with E-state index < -0.39 is 11.8 Å². The minimum atomic E-state index is -2.78. The van der Waals surface area contributed by atoms with Crippen LogP contribution in [0.3, 0.4) is 0 Å². The average molecular weight is 1510 g/mol. The molecule has 0 amide bonds. The summed E-state index contributed by atoms with van der Waals surface area (Å²) in [6.07, 6.45) is 15.2. The molecule has 1 aliphatic heterocycles. The molecule has 0 spiro atoms. The SMILES string of the molecule is CC(=O)Cc1cc(Oc2cnc3[nH]c(=S)n(C)c3c2)ccn1.CC(=O)Cc1cc(Oc2cnc3nc(Br)n(C)c3c2)ccn1.CC(=O)Cc1cc(Oc2cnc3nc(Nc4cc(C(C)(C)C)n(CC5CCN(C)CC5(F)F)n4)n(C)c3c2)ccn1.CCc1cc(Oc2ccnc(CC(C)=O)c2)cnc1N. The van der Waals surface area contributed by atoms with Crippen molar-refractivity contribution in [3.8, 4) is 46.0 Å². The number of hydrogen-bond donors (Lipinski definition) is 3. The van der Waals surface area contributed by atoms with E-state index in [0.717, 1.165) is 34.2 Å². The Hall–Kier alpha value is -11.2. The molecule has 0 aromatic carbocycles. The number of fused-ring (bicyclic) bond motifs is 3. The molecule has 0 radical (unpaired) electrons. The Labute approximate surface area is 617 Å². The maximum Gasteiger partial charge on any atom is 0.265 e. The highest BCUT2D eigenvalue weighted by molar-refractivity contribution is 9.10. The van der Waals surface area contributed by atoms with Gasteiger partial charge < -0.3 is 53.6 Å². The molecule has 27 nitrogen and oxygen atoms in total. The summed E-state index contributed by atoms with van der Waals surface area (Å²) in [6.45, 7) is 14.8. The van der Waals surface area contributed by atoms with E-state index in [1.807, 2.05) is 92.9 Å². The molecule has 0 saturated carbocycles. The van der Waals surface area contributed by atoms with Crippen LogP contribution < -0.4 is 30.0 Å². The van der Waals surface area contributed by atoms with Crippen molar-refractivity contribution in [3.05, 3.63) is 172 Å². The number of pyridine rings is 8. The first kappa shape index (κ1) is 76.5. The number of ketones is 4. The summed E-state index contributed by atoms with van der Waals surface area (Å²) >= 11 is 8.53. The van der Waals surface area contributed by atoms with Gasteiger partial charge in [-0.05, 0) is 118 Å². The first-order chi connectivity index (χ1) is 49.9. The number of aromatic amines is 1. The number of halogens is 3. The largest absolute Gasteiger partial charge is 0.456 e. The number of piperidine rings is 1. The number of rotatable bonds is 21. The zero-order valence-electron chi connectivity index (χ0n) is 60.1. The average Bonchev–Trinajstić information content (AvgIpc) is 1.67. The number of imidazole rings is 3. The fourth-order valence-electron chi connectivity index (χ4n) is 11.2. The standard InChI is InChI=1S/C29H36F2N8O2.C15H13BrN4O2.C15H14N4O2S.C15H17N3O2/c1-18(40)11-20-12-21(7-9-32-20)41-22-13-23-26(33-15-22)35-27(38(23)6)34-25-14-24(28(2,3)4)39(36-25)16-19-8-10-37(5)17-29(19,30)31;1-9(21)5-10-6-11(3-4-17-10)22-12-7-13-14(18-8-12)19-15(16)20(13)2;1-9(20)5-10-6-11(3-4-16-10)21-12-7-13-14(17-8-12)18-15(22)19(13)2;1-3-11-7-14(9-18-15(11)16)20-13-4-5-17-12(8-13)6-10(2)19/h7,9,12-15,19H,8,10-11,16-17H2,1-6H3,(H,33,34,35,36);3-4,6-8H,5H2,1-2H3;3-4,6-8H,5H2,1-2H3,(H,17,18,22);4-5,7-9H,3,6H2,1-2H3,(H2,16,18). The Morgan fingerprint density at radius 1 is 0.600 bits per heavy atom. The molecular weight excluding hydrogens is 1430 g/mol. The highest BCUT2D eigenvalue weighted by atomic mass is 79.9. The molecule has 13 rings (SSSR count). The predicted octanol–water partition coefficient (Wildman–Crippen LogP) is 13.7. The second kappa shape index (κ2) is 33.5. The van der Waals surface area contributed by atoms with Crippen LogP contribution in [0.2, 0.25) is 0 Å². The Morgan fingerprint density at radius 3 is 1.50 bits per heavy atom. The molecule has 13 heterocycles. The zero-order valence-corrected chi connectivity index (χ0v) is 62.5. The number of nitrogens with two attached hydrogens (primary N) is 1. The lowest BCUT2D eigenvalue weighted by atomic mass is 9.90. The summed E-state index contributed by atoms with van der Waals surface area (Å²) in [5.74, 6) is 2.93. The Kier molecular flexibility index (Phi) is 24.4. The maximum atomic E-state index is 14.9. The number of Topliss-reactive ketones (excluding diaryl/α,β-unsaturated/α-hetero) is 4. The quantitative estimate of drug-likeness (QED) is 0.0563. The fraction of sp³-hybridized carbons (Fsp3) is 0.324. The fourth-order valence-corrected chi connectivity index (χ4v) is 11.8. The summed E-state index contributed by atoms with van der Waals surface area (Å²) in [6, 6.07) is 23.3. The number of anilines is 3. The van der Waals surface area contributed by atoms with Crippen LogP contribution in [-0.2, 0) is 84.4 Å². The van der Waals surface area contributed by atoms with Crippen LogP contribution in [0, 0.1) is 10.7 Å². The minimum absolute atomic E-state index is 0.0202. The lowest BCUT2D eigenvalue weighted by Gasteiger charge is -2.37. The number of hydrogen-bond acceptors (Lipinski definition) is 23. The number of carbonyl (C=O) groups is 4. The maximum absolute atomic E-state index is 14.9. The van der Waals surface area contributed by atoms with Gasteiger partial charge in [-0.15, -0.1) is 0 Å². The number of nitrogen functional groups attached to an aromatic ring is 1. The van der Waals surface area contributed by atoms with E-state index in [2.05, 4.69) is 76.1 Å². The Balaban J connectivity index is 0.000000158. The number of ether oxygens (including phenoxy) is 4. The van der Waals surface area contributed by atoms with Gasteiger partial charge in [-0.2, -0.15) is 10.1 Å². The molecule has 0 bridgehead atoms.